The second kappa shape index (κ2) is 9.08. The topological polar surface area (TPSA) is 68.7 Å². The molecule has 5 nitrogen and oxygen atoms in total. The summed E-state index contributed by atoms with van der Waals surface area (Å²) in [5.41, 5.74) is 4.78. The van der Waals surface area contributed by atoms with Crippen LogP contribution in [0, 0.1) is 5.82 Å². The molecule has 0 fully saturated rings. The zero-order chi connectivity index (χ0) is 23.7. The van der Waals surface area contributed by atoms with Crippen LogP contribution in [-0.2, 0) is 21.1 Å². The summed E-state index contributed by atoms with van der Waals surface area (Å²) in [7, 11) is 1.63. The van der Waals surface area contributed by atoms with Gasteiger partial charge in [0.05, 0.1) is 17.6 Å². The summed E-state index contributed by atoms with van der Waals surface area (Å²) >= 11 is 1.43. The van der Waals surface area contributed by atoms with Gasteiger partial charge in [0, 0.05) is 41.0 Å². The second-order valence-corrected chi connectivity index (χ2v) is 9.28. The van der Waals surface area contributed by atoms with E-state index in [4.69, 9.17) is 9.47 Å². The molecule has 1 unspecified atom stereocenters. The van der Waals surface area contributed by atoms with E-state index < -0.39 is 10.9 Å². The van der Waals surface area contributed by atoms with Crippen LogP contribution in [0.25, 0.3) is 22.2 Å². The van der Waals surface area contributed by atoms with Gasteiger partial charge in [0.2, 0.25) is 0 Å². The molecular formula is C27H22FNO4S. The number of halogens is 1. The van der Waals surface area contributed by atoms with Gasteiger partial charge in [-0.25, -0.2) is 9.37 Å². The maximum absolute atomic E-state index is 13.8. The Balaban J connectivity index is 1.66. The summed E-state index contributed by atoms with van der Waals surface area (Å²) in [6, 6.07) is 22.0. The van der Waals surface area contributed by atoms with Crippen LogP contribution < -0.4 is 4.74 Å². The number of thioether (sulfide) groups is 1. The molecule has 172 valence electrons. The SMILES string of the molecule is COC1(SCCC(=O)O)c2ccccc2COc2ccc(-c3ccc4ccc(F)cc4n3)cc21. The predicted molar refractivity (Wildman–Crippen MR) is 130 cm³/mol. The van der Waals surface area contributed by atoms with E-state index in [1.807, 2.05) is 54.6 Å². The van der Waals surface area contributed by atoms with Gasteiger partial charge < -0.3 is 14.6 Å². The van der Waals surface area contributed by atoms with Gasteiger partial charge in [-0.3, -0.25) is 4.79 Å². The molecule has 0 bridgehead atoms. The third-order valence-corrected chi connectivity index (χ3v) is 7.37. The number of aliphatic carboxylic acids is 1. The standard InChI is InChI=1S/C27H22FNO4S/c1-32-27(34-13-12-26(30)31)21-5-3-2-4-19(21)16-33-25-11-8-18(14-22(25)27)23-10-7-17-6-9-20(28)15-24(17)29-23/h2-11,14-15H,12-13,16H2,1H3,(H,30,31). The molecule has 1 aliphatic rings. The Hall–Kier alpha value is -3.42. The van der Waals surface area contributed by atoms with Crippen molar-refractivity contribution in [3.63, 3.8) is 0 Å². The van der Waals surface area contributed by atoms with Crippen LogP contribution >= 0.6 is 11.8 Å². The molecule has 2 heterocycles. The molecule has 0 spiro atoms. The lowest BCUT2D eigenvalue weighted by molar-refractivity contribution is -0.136. The van der Waals surface area contributed by atoms with Gasteiger partial charge in [0.25, 0.3) is 0 Å². The molecule has 1 aromatic heterocycles. The summed E-state index contributed by atoms with van der Waals surface area (Å²) in [6.45, 7) is 0.376. The van der Waals surface area contributed by atoms with E-state index in [2.05, 4.69) is 4.98 Å². The van der Waals surface area contributed by atoms with Crippen molar-refractivity contribution in [1.29, 1.82) is 0 Å². The molecule has 0 aliphatic carbocycles. The Bertz CT molecular complexity index is 1390. The lowest BCUT2D eigenvalue weighted by Crippen LogP contribution is -2.27. The van der Waals surface area contributed by atoms with Crippen molar-refractivity contribution in [3.05, 3.63) is 95.3 Å². The van der Waals surface area contributed by atoms with Crippen molar-refractivity contribution >= 4 is 28.6 Å². The molecule has 0 saturated heterocycles. The fraction of sp³-hybridized carbons (Fsp3) is 0.185. The molecule has 1 N–H and O–H groups in total. The molecule has 34 heavy (non-hydrogen) atoms. The van der Waals surface area contributed by atoms with Crippen molar-refractivity contribution in [3.8, 4) is 17.0 Å². The number of hydrogen-bond donors (Lipinski definition) is 1. The minimum absolute atomic E-state index is 0.00557. The maximum Gasteiger partial charge on any atom is 0.304 e. The minimum atomic E-state index is -0.961. The normalized spacial score (nSPS) is 16.9. The predicted octanol–water partition coefficient (Wildman–Crippen LogP) is 5.99. The van der Waals surface area contributed by atoms with Gasteiger partial charge in [-0.2, -0.15) is 0 Å². The Morgan fingerprint density at radius 2 is 1.94 bits per heavy atom. The van der Waals surface area contributed by atoms with Crippen molar-refractivity contribution in [2.45, 2.75) is 18.0 Å². The van der Waals surface area contributed by atoms with Gasteiger partial charge in [-0.15, -0.1) is 11.8 Å². The number of fused-ring (bicyclic) bond motifs is 3. The molecule has 5 rings (SSSR count). The zero-order valence-corrected chi connectivity index (χ0v) is 19.3. The number of pyridine rings is 1. The highest BCUT2D eigenvalue weighted by atomic mass is 32.2. The van der Waals surface area contributed by atoms with E-state index in [9.17, 15) is 14.3 Å². The quantitative estimate of drug-likeness (QED) is 0.346. The highest BCUT2D eigenvalue weighted by molar-refractivity contribution is 8.00. The number of hydrogen-bond acceptors (Lipinski definition) is 5. The lowest BCUT2D eigenvalue weighted by atomic mass is 9.94. The molecule has 0 saturated carbocycles. The van der Waals surface area contributed by atoms with E-state index in [0.717, 1.165) is 27.6 Å². The molecule has 3 aromatic carbocycles. The molecule has 4 aromatic rings. The first kappa shape index (κ1) is 22.4. The largest absolute Gasteiger partial charge is 0.488 e. The molecule has 0 amide bonds. The molecule has 1 atom stereocenters. The van der Waals surface area contributed by atoms with Gasteiger partial charge >= 0.3 is 5.97 Å². The summed E-state index contributed by atoms with van der Waals surface area (Å²) in [6.07, 6.45) is 0.00557. The first-order chi connectivity index (χ1) is 16.5. The van der Waals surface area contributed by atoms with Crippen LogP contribution in [0.3, 0.4) is 0 Å². The average Bonchev–Trinajstić information content (AvgIpc) is 2.98. The molecular weight excluding hydrogens is 453 g/mol. The van der Waals surface area contributed by atoms with Crippen molar-refractivity contribution in [2.24, 2.45) is 0 Å². The number of nitrogens with zero attached hydrogens (tertiary/aromatic N) is 1. The lowest BCUT2D eigenvalue weighted by Gasteiger charge is -2.33. The fourth-order valence-electron chi connectivity index (χ4n) is 4.31. The molecule has 0 radical (unpaired) electrons. The van der Waals surface area contributed by atoms with Crippen LogP contribution in [0.5, 0.6) is 5.75 Å². The molecule has 7 heteroatoms. The van der Waals surface area contributed by atoms with Crippen LogP contribution in [0.2, 0.25) is 0 Å². The molecule has 1 aliphatic heterocycles. The average molecular weight is 476 g/mol. The van der Waals surface area contributed by atoms with E-state index in [1.165, 1.54) is 23.9 Å². The third kappa shape index (κ3) is 4.02. The second-order valence-electron chi connectivity index (χ2n) is 8.00. The first-order valence-electron chi connectivity index (χ1n) is 10.8. The number of ether oxygens (including phenoxy) is 2. The number of carbonyl (C=O) groups is 1. The first-order valence-corrected chi connectivity index (χ1v) is 11.8. The number of rotatable bonds is 6. The monoisotopic (exact) mass is 475 g/mol. The van der Waals surface area contributed by atoms with E-state index in [0.29, 0.717) is 29.3 Å². The highest BCUT2D eigenvalue weighted by Crippen LogP contribution is 2.51. The Morgan fingerprint density at radius 1 is 1.12 bits per heavy atom. The van der Waals surface area contributed by atoms with Gasteiger partial charge in [0.1, 0.15) is 18.2 Å². The number of carboxylic acid groups (broad SMARTS) is 1. The smallest absolute Gasteiger partial charge is 0.304 e. The number of methoxy groups -OCH3 is 1. The van der Waals surface area contributed by atoms with Crippen molar-refractivity contribution < 1.29 is 23.8 Å². The van der Waals surface area contributed by atoms with Crippen molar-refractivity contribution in [1.82, 2.24) is 4.98 Å². The van der Waals surface area contributed by atoms with E-state index in [1.54, 1.807) is 13.2 Å². The number of benzene rings is 3. The Labute approximate surface area is 200 Å². The highest BCUT2D eigenvalue weighted by Gasteiger charge is 2.41. The van der Waals surface area contributed by atoms with E-state index >= 15 is 0 Å². The fourth-order valence-corrected chi connectivity index (χ4v) is 5.66. The van der Waals surface area contributed by atoms with Crippen LogP contribution in [0.4, 0.5) is 4.39 Å². The Kier molecular flexibility index (Phi) is 5.98. The number of carboxylic acids is 1. The van der Waals surface area contributed by atoms with E-state index in [-0.39, 0.29) is 12.2 Å². The maximum atomic E-state index is 13.8. The summed E-state index contributed by atoms with van der Waals surface area (Å²) in [5.74, 6) is -0.179. The minimum Gasteiger partial charge on any atom is -0.488 e. The third-order valence-electron chi connectivity index (χ3n) is 5.95. The summed E-state index contributed by atoms with van der Waals surface area (Å²) < 4.78 is 26.1. The van der Waals surface area contributed by atoms with Gasteiger partial charge in [-0.1, -0.05) is 30.3 Å². The number of aromatic nitrogens is 1. The van der Waals surface area contributed by atoms with Gasteiger partial charge in [-0.05, 0) is 42.0 Å². The van der Waals surface area contributed by atoms with Crippen molar-refractivity contribution in [2.75, 3.05) is 12.9 Å². The summed E-state index contributed by atoms with van der Waals surface area (Å²) in [4.78, 5) is 15.0. The van der Waals surface area contributed by atoms with Crippen LogP contribution in [0.15, 0.2) is 72.8 Å². The van der Waals surface area contributed by atoms with Crippen LogP contribution in [-0.4, -0.2) is 28.9 Å². The van der Waals surface area contributed by atoms with Crippen LogP contribution in [0.1, 0.15) is 23.1 Å². The summed E-state index contributed by atoms with van der Waals surface area (Å²) in [5, 5.41) is 10.1. The van der Waals surface area contributed by atoms with Gasteiger partial charge in [0.15, 0.2) is 4.93 Å². The zero-order valence-electron chi connectivity index (χ0n) is 18.5. The Morgan fingerprint density at radius 3 is 2.76 bits per heavy atom.